The van der Waals surface area contributed by atoms with E-state index in [0.29, 0.717) is 16.3 Å². The first-order valence-corrected chi connectivity index (χ1v) is 8.83. The van der Waals surface area contributed by atoms with Gasteiger partial charge in [0.05, 0.1) is 12.7 Å². The predicted octanol–water partition coefficient (Wildman–Crippen LogP) is 4.72. The molecule has 1 unspecified atom stereocenters. The maximum atomic E-state index is 13.5. The summed E-state index contributed by atoms with van der Waals surface area (Å²) in [5, 5.41) is 0.393. The second-order valence-electron chi connectivity index (χ2n) is 6.05. The van der Waals surface area contributed by atoms with Gasteiger partial charge in [-0.1, -0.05) is 35.9 Å². The quantitative estimate of drug-likeness (QED) is 0.695. The molecule has 0 aliphatic carbocycles. The van der Waals surface area contributed by atoms with Crippen LogP contribution in [0, 0.1) is 11.7 Å². The van der Waals surface area contributed by atoms with E-state index in [9.17, 15) is 14.0 Å². The van der Waals surface area contributed by atoms with E-state index in [-0.39, 0.29) is 12.0 Å². The molecule has 144 valence electrons. The number of ether oxygens (including phenoxy) is 2. The molecule has 3 rings (SSSR count). The number of carbonyl (C=O) groups is 2. The number of benzene rings is 2. The Labute approximate surface area is 166 Å². The van der Waals surface area contributed by atoms with Crippen molar-refractivity contribution in [2.75, 3.05) is 7.11 Å². The average Bonchev–Trinajstić information content (AvgIpc) is 2.71. The van der Waals surface area contributed by atoms with Gasteiger partial charge in [-0.2, -0.15) is 0 Å². The van der Waals surface area contributed by atoms with Crippen molar-refractivity contribution in [2.24, 2.45) is 5.92 Å². The Morgan fingerprint density at radius 3 is 2.64 bits per heavy atom. The summed E-state index contributed by atoms with van der Waals surface area (Å²) in [6, 6.07) is 12.6. The molecule has 0 fully saturated rings. The smallest absolute Gasteiger partial charge is 0.423 e. The van der Waals surface area contributed by atoms with Crippen molar-refractivity contribution in [2.45, 2.75) is 6.42 Å². The van der Waals surface area contributed by atoms with Crippen molar-refractivity contribution in [3.8, 4) is 5.75 Å². The lowest BCUT2D eigenvalue weighted by Crippen LogP contribution is -2.30. The fourth-order valence-electron chi connectivity index (χ4n) is 2.78. The van der Waals surface area contributed by atoms with Gasteiger partial charge in [-0.3, -0.25) is 4.90 Å². The minimum atomic E-state index is -0.675. The second-order valence-corrected chi connectivity index (χ2v) is 6.46. The molecule has 1 amide bonds. The summed E-state index contributed by atoms with van der Waals surface area (Å²) in [7, 11) is 1.25. The number of esters is 1. The van der Waals surface area contributed by atoms with E-state index in [1.165, 1.54) is 37.7 Å². The number of rotatable bonds is 4. The number of nitrogens with zero attached hydrogens (tertiary/aromatic N) is 1. The van der Waals surface area contributed by atoms with Crippen LogP contribution in [0.1, 0.15) is 5.56 Å². The predicted molar refractivity (Wildman–Crippen MR) is 102 cm³/mol. The summed E-state index contributed by atoms with van der Waals surface area (Å²) in [6.07, 6.45) is 4.10. The van der Waals surface area contributed by atoms with Crippen molar-refractivity contribution in [1.82, 2.24) is 4.90 Å². The zero-order valence-corrected chi connectivity index (χ0v) is 15.7. The number of allylic oxidation sites excluding steroid dienone is 1. The van der Waals surface area contributed by atoms with Crippen LogP contribution in [0.5, 0.6) is 5.75 Å². The highest BCUT2D eigenvalue weighted by atomic mass is 35.5. The first kappa shape index (κ1) is 19.6. The van der Waals surface area contributed by atoms with E-state index in [1.54, 1.807) is 36.4 Å². The number of methoxy groups -OCH3 is 1. The third-order valence-corrected chi connectivity index (χ3v) is 4.55. The van der Waals surface area contributed by atoms with Gasteiger partial charge in [0.25, 0.3) is 0 Å². The van der Waals surface area contributed by atoms with Crippen molar-refractivity contribution in [1.29, 1.82) is 0 Å². The van der Waals surface area contributed by atoms with E-state index in [2.05, 4.69) is 0 Å². The molecular formula is C21H17ClFNO4. The lowest BCUT2D eigenvalue weighted by atomic mass is 9.90. The molecule has 28 heavy (non-hydrogen) atoms. The summed E-state index contributed by atoms with van der Waals surface area (Å²) in [6.45, 7) is 0. The van der Waals surface area contributed by atoms with Crippen LogP contribution in [0.15, 0.2) is 72.6 Å². The number of carbonyl (C=O) groups excluding carboxylic acids is 2. The van der Waals surface area contributed by atoms with Crippen molar-refractivity contribution in [3.05, 3.63) is 89.0 Å². The monoisotopic (exact) mass is 401 g/mol. The molecule has 0 N–H and O–H groups in total. The van der Waals surface area contributed by atoms with Crippen molar-refractivity contribution in [3.63, 3.8) is 0 Å². The molecule has 0 saturated carbocycles. The normalized spacial score (nSPS) is 15.8. The fraction of sp³-hybridized carbons (Fsp3) is 0.143. The second kappa shape index (κ2) is 8.71. The Hall–Kier alpha value is -3.12. The minimum absolute atomic E-state index is 0.232. The SMILES string of the molecule is COC(=O)C1=CN(C(=O)Oc2ccccc2)C=CC1Cc1cc(F)ccc1Cl. The topological polar surface area (TPSA) is 55.8 Å². The maximum Gasteiger partial charge on any atom is 0.423 e. The molecule has 1 atom stereocenters. The van der Waals surface area contributed by atoms with Crippen LogP contribution in [-0.2, 0) is 16.0 Å². The fourth-order valence-corrected chi connectivity index (χ4v) is 2.98. The number of hydrogen-bond acceptors (Lipinski definition) is 4. The van der Waals surface area contributed by atoms with Gasteiger partial charge in [-0.05, 0) is 42.3 Å². The number of amides is 1. The summed E-state index contributed by atoms with van der Waals surface area (Å²) >= 11 is 6.14. The zero-order valence-electron chi connectivity index (χ0n) is 15.0. The molecule has 1 heterocycles. The van der Waals surface area contributed by atoms with Crippen LogP contribution >= 0.6 is 11.6 Å². The van der Waals surface area contributed by atoms with Gasteiger partial charge in [0.15, 0.2) is 0 Å². The maximum absolute atomic E-state index is 13.5. The number of halogens is 2. The van der Waals surface area contributed by atoms with Crippen LogP contribution in [0.25, 0.3) is 0 Å². The van der Waals surface area contributed by atoms with E-state index >= 15 is 0 Å². The van der Waals surface area contributed by atoms with E-state index in [4.69, 9.17) is 21.1 Å². The summed E-state index contributed by atoms with van der Waals surface area (Å²) in [5.41, 5.74) is 0.779. The van der Waals surface area contributed by atoms with Gasteiger partial charge >= 0.3 is 12.1 Å². The molecule has 0 bridgehead atoms. The van der Waals surface area contributed by atoms with Crippen molar-refractivity contribution < 1.29 is 23.5 Å². The Morgan fingerprint density at radius 1 is 1.18 bits per heavy atom. The largest absolute Gasteiger partial charge is 0.466 e. The van der Waals surface area contributed by atoms with E-state index in [0.717, 1.165) is 4.90 Å². The highest BCUT2D eigenvalue weighted by Gasteiger charge is 2.27. The van der Waals surface area contributed by atoms with Crippen LogP contribution < -0.4 is 4.74 Å². The summed E-state index contributed by atoms with van der Waals surface area (Å²) < 4.78 is 23.6. The van der Waals surface area contributed by atoms with Crippen molar-refractivity contribution >= 4 is 23.7 Å². The van der Waals surface area contributed by atoms with E-state index in [1.807, 2.05) is 0 Å². The summed E-state index contributed by atoms with van der Waals surface area (Å²) in [4.78, 5) is 25.8. The molecular weight excluding hydrogens is 385 g/mol. The third kappa shape index (κ3) is 4.58. The lowest BCUT2D eigenvalue weighted by Gasteiger charge is -2.24. The minimum Gasteiger partial charge on any atom is -0.466 e. The standard InChI is InChI=1S/C21H17ClFNO4/c1-27-20(25)18-13-24(21(26)28-17-5-3-2-4-6-17)10-9-14(18)11-15-12-16(23)7-8-19(15)22/h2-10,12-14H,11H2,1H3. The Balaban J connectivity index is 1.81. The molecule has 7 heteroatoms. The molecule has 0 saturated heterocycles. The molecule has 2 aromatic carbocycles. The Bertz CT molecular complexity index is 943. The van der Waals surface area contributed by atoms with E-state index < -0.39 is 23.8 Å². The highest BCUT2D eigenvalue weighted by Crippen LogP contribution is 2.28. The molecule has 1 aliphatic rings. The Kier molecular flexibility index (Phi) is 6.11. The first-order valence-electron chi connectivity index (χ1n) is 8.45. The molecule has 0 aromatic heterocycles. The van der Waals surface area contributed by atoms with Gasteiger partial charge in [0.2, 0.25) is 0 Å². The number of hydrogen-bond donors (Lipinski definition) is 0. The molecule has 0 spiro atoms. The van der Waals surface area contributed by atoms with Crippen LogP contribution in [-0.4, -0.2) is 24.1 Å². The third-order valence-electron chi connectivity index (χ3n) is 4.18. The molecule has 2 aromatic rings. The van der Waals surface area contributed by atoms with Gasteiger partial charge < -0.3 is 9.47 Å². The zero-order chi connectivity index (χ0) is 20.1. The average molecular weight is 402 g/mol. The lowest BCUT2D eigenvalue weighted by molar-refractivity contribution is -0.136. The molecule has 1 aliphatic heterocycles. The van der Waals surface area contributed by atoms with Crippen LogP contribution in [0.3, 0.4) is 0 Å². The van der Waals surface area contributed by atoms with Gasteiger partial charge in [0, 0.05) is 23.3 Å². The Morgan fingerprint density at radius 2 is 1.93 bits per heavy atom. The van der Waals surface area contributed by atoms with Gasteiger partial charge in [0.1, 0.15) is 11.6 Å². The van der Waals surface area contributed by atoms with Crippen LogP contribution in [0.2, 0.25) is 5.02 Å². The first-order chi connectivity index (χ1) is 13.5. The van der Waals surface area contributed by atoms with Crippen LogP contribution in [0.4, 0.5) is 9.18 Å². The van der Waals surface area contributed by atoms with Gasteiger partial charge in [-0.25, -0.2) is 14.0 Å². The van der Waals surface area contributed by atoms with Gasteiger partial charge in [-0.15, -0.1) is 0 Å². The highest BCUT2D eigenvalue weighted by molar-refractivity contribution is 6.31. The number of para-hydroxylation sites is 1. The molecule has 0 radical (unpaired) electrons. The molecule has 5 nitrogen and oxygen atoms in total. The summed E-state index contributed by atoms with van der Waals surface area (Å²) in [5.74, 6) is -1.08.